The van der Waals surface area contributed by atoms with Gasteiger partial charge in [0, 0.05) is 0 Å². The van der Waals surface area contributed by atoms with E-state index in [4.69, 9.17) is 4.74 Å². The standard InChI is InChI=1S/C15H24OSi/c1-5-6-11-15(17(2,3)4)14-10-8-7-9-13(14)12-16-15/h7-10H,5-6,11-12H2,1-4H3/t15-/m1/s1. The van der Waals surface area contributed by atoms with Gasteiger partial charge in [0.15, 0.2) is 0 Å². The Hall–Kier alpha value is -0.603. The van der Waals surface area contributed by atoms with E-state index >= 15 is 0 Å². The van der Waals surface area contributed by atoms with Crippen LogP contribution in [0.4, 0.5) is 0 Å². The molecule has 17 heavy (non-hydrogen) atoms. The van der Waals surface area contributed by atoms with Crippen LogP contribution < -0.4 is 0 Å². The van der Waals surface area contributed by atoms with Crippen LogP contribution >= 0.6 is 0 Å². The Morgan fingerprint density at radius 1 is 1.24 bits per heavy atom. The lowest BCUT2D eigenvalue weighted by Gasteiger charge is -2.40. The summed E-state index contributed by atoms with van der Waals surface area (Å²) in [7, 11) is -1.39. The van der Waals surface area contributed by atoms with Crippen LogP contribution in [-0.2, 0) is 16.6 Å². The highest BCUT2D eigenvalue weighted by Gasteiger charge is 2.49. The third kappa shape index (κ3) is 2.09. The molecule has 1 aromatic carbocycles. The van der Waals surface area contributed by atoms with Crippen LogP contribution in [0.3, 0.4) is 0 Å². The summed E-state index contributed by atoms with van der Waals surface area (Å²) in [6.07, 6.45) is 3.70. The van der Waals surface area contributed by atoms with Crippen molar-refractivity contribution in [3.05, 3.63) is 35.4 Å². The van der Waals surface area contributed by atoms with Gasteiger partial charge in [0.1, 0.15) is 0 Å². The van der Waals surface area contributed by atoms with Crippen LogP contribution in [0.25, 0.3) is 0 Å². The fourth-order valence-corrected chi connectivity index (χ4v) is 5.43. The van der Waals surface area contributed by atoms with Crippen LogP contribution in [0.15, 0.2) is 24.3 Å². The van der Waals surface area contributed by atoms with E-state index < -0.39 is 8.07 Å². The second kappa shape index (κ2) is 4.58. The minimum absolute atomic E-state index is 0.0552. The highest BCUT2D eigenvalue weighted by atomic mass is 28.3. The maximum atomic E-state index is 6.34. The summed E-state index contributed by atoms with van der Waals surface area (Å²) in [6.45, 7) is 10.4. The molecule has 2 rings (SSSR count). The van der Waals surface area contributed by atoms with Crippen molar-refractivity contribution in [3.8, 4) is 0 Å². The van der Waals surface area contributed by atoms with Crippen molar-refractivity contribution in [2.45, 2.75) is 57.7 Å². The Balaban J connectivity index is 2.43. The van der Waals surface area contributed by atoms with Crippen molar-refractivity contribution in [1.29, 1.82) is 0 Å². The van der Waals surface area contributed by atoms with Crippen LogP contribution in [0.2, 0.25) is 19.6 Å². The molecule has 1 aliphatic rings. The molecule has 2 heteroatoms. The van der Waals surface area contributed by atoms with Gasteiger partial charge in [-0.3, -0.25) is 0 Å². The first-order valence-electron chi connectivity index (χ1n) is 6.73. The average molecular weight is 248 g/mol. The Morgan fingerprint density at radius 3 is 2.59 bits per heavy atom. The molecule has 0 unspecified atom stereocenters. The predicted octanol–water partition coefficient (Wildman–Crippen LogP) is 4.48. The van der Waals surface area contributed by atoms with Gasteiger partial charge in [0.2, 0.25) is 0 Å². The molecule has 0 saturated heterocycles. The second-order valence-corrected chi connectivity index (χ2v) is 11.4. The highest BCUT2D eigenvalue weighted by Crippen LogP contribution is 2.46. The zero-order chi connectivity index (χ0) is 12.5. The number of hydrogen-bond acceptors (Lipinski definition) is 1. The van der Waals surface area contributed by atoms with Gasteiger partial charge in [-0.25, -0.2) is 0 Å². The van der Waals surface area contributed by atoms with Gasteiger partial charge in [-0.1, -0.05) is 63.7 Å². The third-order valence-electron chi connectivity index (χ3n) is 4.02. The van der Waals surface area contributed by atoms with Crippen molar-refractivity contribution >= 4 is 8.07 Å². The van der Waals surface area contributed by atoms with Crippen molar-refractivity contribution in [1.82, 2.24) is 0 Å². The molecule has 0 radical (unpaired) electrons. The minimum Gasteiger partial charge on any atom is -0.369 e. The number of ether oxygens (including phenoxy) is 1. The first-order chi connectivity index (χ1) is 8.01. The summed E-state index contributed by atoms with van der Waals surface area (Å²) in [5, 5.41) is 0.0552. The van der Waals surface area contributed by atoms with Gasteiger partial charge in [-0.2, -0.15) is 0 Å². The van der Waals surface area contributed by atoms with Gasteiger partial charge in [-0.05, 0) is 17.5 Å². The summed E-state index contributed by atoms with van der Waals surface area (Å²) < 4.78 is 6.34. The maximum absolute atomic E-state index is 6.34. The van der Waals surface area contributed by atoms with Crippen molar-refractivity contribution < 1.29 is 4.74 Å². The second-order valence-electron chi connectivity index (χ2n) is 6.13. The lowest BCUT2D eigenvalue weighted by Crippen LogP contribution is -2.49. The molecule has 0 amide bonds. The number of benzene rings is 1. The van der Waals surface area contributed by atoms with E-state index in [9.17, 15) is 0 Å². The summed E-state index contributed by atoms with van der Waals surface area (Å²) in [6, 6.07) is 8.80. The molecule has 0 aliphatic carbocycles. The highest BCUT2D eigenvalue weighted by molar-refractivity contribution is 6.78. The van der Waals surface area contributed by atoms with E-state index in [1.807, 2.05) is 0 Å². The van der Waals surface area contributed by atoms with E-state index in [-0.39, 0.29) is 5.22 Å². The molecule has 0 aromatic heterocycles. The number of hydrogen-bond donors (Lipinski definition) is 0. The third-order valence-corrected chi connectivity index (χ3v) is 7.11. The topological polar surface area (TPSA) is 9.23 Å². The quantitative estimate of drug-likeness (QED) is 0.714. The first kappa shape index (κ1) is 12.8. The monoisotopic (exact) mass is 248 g/mol. The number of fused-ring (bicyclic) bond motifs is 1. The Labute approximate surface area is 106 Å². The SMILES string of the molecule is CCCC[C@]1([Si](C)(C)C)OCc2ccccc21. The first-order valence-corrected chi connectivity index (χ1v) is 10.2. The van der Waals surface area contributed by atoms with Crippen molar-refractivity contribution in [2.75, 3.05) is 0 Å². The number of unbranched alkanes of at least 4 members (excludes halogenated alkanes) is 1. The lowest BCUT2D eigenvalue weighted by atomic mass is 10.0. The van der Waals surface area contributed by atoms with E-state index in [1.54, 1.807) is 0 Å². The zero-order valence-corrected chi connectivity index (χ0v) is 12.5. The van der Waals surface area contributed by atoms with Gasteiger partial charge in [0.05, 0.1) is 19.9 Å². The summed E-state index contributed by atoms with van der Waals surface area (Å²) >= 11 is 0. The van der Waals surface area contributed by atoms with Gasteiger partial charge < -0.3 is 4.74 Å². The summed E-state index contributed by atoms with van der Waals surface area (Å²) in [4.78, 5) is 0. The average Bonchev–Trinajstić information content (AvgIpc) is 2.66. The molecular formula is C15H24OSi. The molecule has 0 N–H and O–H groups in total. The van der Waals surface area contributed by atoms with E-state index in [1.165, 1.54) is 30.4 Å². The molecule has 0 bridgehead atoms. The van der Waals surface area contributed by atoms with Gasteiger partial charge in [0.25, 0.3) is 0 Å². The van der Waals surface area contributed by atoms with E-state index in [0.29, 0.717) is 0 Å². The molecule has 1 atom stereocenters. The van der Waals surface area contributed by atoms with Gasteiger partial charge >= 0.3 is 0 Å². The molecule has 1 aliphatic heterocycles. The van der Waals surface area contributed by atoms with Gasteiger partial charge in [-0.15, -0.1) is 0 Å². The summed E-state index contributed by atoms with van der Waals surface area (Å²) in [5.41, 5.74) is 2.89. The van der Waals surface area contributed by atoms with Crippen LogP contribution in [0.1, 0.15) is 37.3 Å². The molecule has 1 nitrogen and oxygen atoms in total. The van der Waals surface area contributed by atoms with Crippen molar-refractivity contribution in [2.24, 2.45) is 0 Å². The Bertz CT molecular complexity index is 394. The van der Waals surface area contributed by atoms with Crippen LogP contribution in [-0.4, -0.2) is 8.07 Å². The van der Waals surface area contributed by atoms with Crippen LogP contribution in [0.5, 0.6) is 0 Å². The minimum atomic E-state index is -1.39. The Kier molecular flexibility index (Phi) is 3.46. The zero-order valence-electron chi connectivity index (χ0n) is 11.5. The molecule has 1 aromatic rings. The normalized spacial score (nSPS) is 23.8. The van der Waals surface area contributed by atoms with Crippen LogP contribution in [0, 0.1) is 0 Å². The molecular weight excluding hydrogens is 224 g/mol. The van der Waals surface area contributed by atoms with Crippen molar-refractivity contribution in [3.63, 3.8) is 0 Å². The molecule has 0 fully saturated rings. The fraction of sp³-hybridized carbons (Fsp3) is 0.600. The van der Waals surface area contributed by atoms with E-state index in [2.05, 4.69) is 50.8 Å². The van der Waals surface area contributed by atoms with E-state index in [0.717, 1.165) is 6.61 Å². The lowest BCUT2D eigenvalue weighted by molar-refractivity contribution is 0.0119. The molecule has 94 valence electrons. The fourth-order valence-electron chi connectivity index (χ4n) is 2.95. The predicted molar refractivity (Wildman–Crippen MR) is 75.8 cm³/mol. The molecule has 1 heterocycles. The maximum Gasteiger partial charge on any atom is 0.0882 e. The largest absolute Gasteiger partial charge is 0.369 e. The smallest absolute Gasteiger partial charge is 0.0882 e. The summed E-state index contributed by atoms with van der Waals surface area (Å²) in [5.74, 6) is 0. The molecule has 0 saturated carbocycles. The number of rotatable bonds is 4. The Morgan fingerprint density at radius 2 is 1.94 bits per heavy atom. The molecule has 0 spiro atoms.